The Morgan fingerprint density at radius 3 is 2.57 bits per heavy atom. The Kier molecular flexibility index (Phi) is 3.20. The smallest absolute Gasteiger partial charge is 0.0322 e. The summed E-state index contributed by atoms with van der Waals surface area (Å²) in [6, 6.07) is 12.2. The van der Waals surface area contributed by atoms with E-state index in [4.69, 9.17) is 0 Å². The molecule has 1 fully saturated rings. The Labute approximate surface area is 86.5 Å². The van der Waals surface area contributed by atoms with Crippen molar-refractivity contribution < 1.29 is 0 Å². The predicted octanol–water partition coefficient (Wildman–Crippen LogP) is 3.28. The van der Waals surface area contributed by atoms with Crippen LogP contribution in [0.2, 0.25) is 0 Å². The number of hydrogen-bond donors (Lipinski definition) is 1. The molecule has 2 rings (SSSR count). The molecule has 0 spiro atoms. The van der Waals surface area contributed by atoms with Gasteiger partial charge in [0, 0.05) is 12.1 Å². The molecule has 76 valence electrons. The summed E-state index contributed by atoms with van der Waals surface area (Å²) in [6.07, 6.45) is 5.24. The van der Waals surface area contributed by atoms with Crippen LogP contribution in [0.15, 0.2) is 30.3 Å². The second-order valence-electron chi connectivity index (χ2n) is 4.19. The molecule has 0 amide bonds. The van der Waals surface area contributed by atoms with Crippen molar-refractivity contribution >= 4 is 0 Å². The van der Waals surface area contributed by atoms with Crippen LogP contribution in [-0.4, -0.2) is 6.04 Å². The quantitative estimate of drug-likeness (QED) is 0.749. The monoisotopic (exact) mass is 189 g/mol. The van der Waals surface area contributed by atoms with Gasteiger partial charge in [0.1, 0.15) is 0 Å². The minimum atomic E-state index is 0.577. The van der Waals surface area contributed by atoms with Crippen molar-refractivity contribution in [2.75, 3.05) is 0 Å². The molecular weight excluding hydrogens is 170 g/mol. The lowest BCUT2D eigenvalue weighted by Crippen LogP contribution is -2.23. The molecule has 1 aromatic rings. The molecule has 1 atom stereocenters. The van der Waals surface area contributed by atoms with Gasteiger partial charge in [0.2, 0.25) is 0 Å². The normalized spacial score (nSPS) is 18.1. The Morgan fingerprint density at radius 1 is 1.29 bits per heavy atom. The third-order valence-corrected chi connectivity index (χ3v) is 2.79. The van der Waals surface area contributed by atoms with Gasteiger partial charge in [-0.3, -0.25) is 0 Å². The highest BCUT2D eigenvalue weighted by atomic mass is 15.0. The van der Waals surface area contributed by atoms with E-state index >= 15 is 0 Å². The minimum absolute atomic E-state index is 0.577. The van der Waals surface area contributed by atoms with Gasteiger partial charge in [-0.2, -0.15) is 0 Å². The van der Waals surface area contributed by atoms with E-state index in [0.717, 1.165) is 6.04 Å². The van der Waals surface area contributed by atoms with Gasteiger partial charge in [0.25, 0.3) is 0 Å². The van der Waals surface area contributed by atoms with Crippen LogP contribution in [0.25, 0.3) is 0 Å². The summed E-state index contributed by atoms with van der Waals surface area (Å²) in [6.45, 7) is 2.25. The van der Waals surface area contributed by atoms with Crippen LogP contribution in [0.3, 0.4) is 0 Å². The van der Waals surface area contributed by atoms with E-state index in [1.165, 1.54) is 31.2 Å². The highest BCUT2D eigenvalue weighted by molar-refractivity contribution is 5.19. The zero-order valence-corrected chi connectivity index (χ0v) is 8.87. The summed E-state index contributed by atoms with van der Waals surface area (Å²) in [5, 5.41) is 3.71. The van der Waals surface area contributed by atoms with Crippen LogP contribution < -0.4 is 5.32 Å². The van der Waals surface area contributed by atoms with E-state index < -0.39 is 0 Å². The Hall–Kier alpha value is -0.820. The molecule has 1 aliphatic carbocycles. The molecule has 1 N–H and O–H groups in total. The Morgan fingerprint density at radius 2 is 2.00 bits per heavy atom. The average Bonchev–Trinajstić information content (AvgIpc) is 3.03. The molecular formula is C13H19N. The van der Waals surface area contributed by atoms with E-state index in [1.807, 2.05) is 0 Å². The van der Waals surface area contributed by atoms with Crippen LogP contribution in [0, 0.1) is 0 Å². The molecule has 1 heteroatoms. The van der Waals surface area contributed by atoms with E-state index in [2.05, 4.69) is 42.6 Å². The highest BCUT2D eigenvalue weighted by Gasteiger charge is 2.24. The fraction of sp³-hybridized carbons (Fsp3) is 0.538. The van der Waals surface area contributed by atoms with E-state index in [0.29, 0.717) is 6.04 Å². The van der Waals surface area contributed by atoms with Gasteiger partial charge in [-0.25, -0.2) is 0 Å². The van der Waals surface area contributed by atoms with Gasteiger partial charge in [0.15, 0.2) is 0 Å². The Bertz CT molecular complexity index is 264. The van der Waals surface area contributed by atoms with Crippen LogP contribution in [0.1, 0.15) is 44.2 Å². The first-order valence-electron chi connectivity index (χ1n) is 5.71. The molecule has 0 aliphatic heterocycles. The maximum atomic E-state index is 3.71. The van der Waals surface area contributed by atoms with Gasteiger partial charge in [-0.05, 0) is 24.8 Å². The van der Waals surface area contributed by atoms with Crippen LogP contribution in [-0.2, 0) is 0 Å². The largest absolute Gasteiger partial charge is 0.307 e. The molecule has 1 nitrogen and oxygen atoms in total. The summed E-state index contributed by atoms with van der Waals surface area (Å²) < 4.78 is 0. The van der Waals surface area contributed by atoms with Crippen molar-refractivity contribution in [1.29, 1.82) is 0 Å². The maximum Gasteiger partial charge on any atom is 0.0322 e. The predicted molar refractivity (Wildman–Crippen MR) is 60.2 cm³/mol. The molecule has 1 saturated carbocycles. The summed E-state index contributed by atoms with van der Waals surface area (Å²) in [5.74, 6) is 0. The first kappa shape index (κ1) is 9.72. The fourth-order valence-corrected chi connectivity index (χ4v) is 1.85. The van der Waals surface area contributed by atoms with Crippen LogP contribution in [0.4, 0.5) is 0 Å². The average molecular weight is 189 g/mol. The first-order chi connectivity index (χ1) is 6.90. The molecule has 0 heterocycles. The summed E-state index contributed by atoms with van der Waals surface area (Å²) >= 11 is 0. The molecule has 1 aromatic carbocycles. The topological polar surface area (TPSA) is 12.0 Å². The van der Waals surface area contributed by atoms with Gasteiger partial charge in [-0.15, -0.1) is 0 Å². The Balaban J connectivity index is 2.01. The molecule has 0 saturated heterocycles. The van der Waals surface area contributed by atoms with Gasteiger partial charge in [0.05, 0.1) is 0 Å². The van der Waals surface area contributed by atoms with Crippen molar-refractivity contribution in [2.24, 2.45) is 0 Å². The third-order valence-electron chi connectivity index (χ3n) is 2.79. The van der Waals surface area contributed by atoms with Crippen molar-refractivity contribution in [3.8, 4) is 0 Å². The van der Waals surface area contributed by atoms with Crippen molar-refractivity contribution in [1.82, 2.24) is 5.32 Å². The summed E-state index contributed by atoms with van der Waals surface area (Å²) in [4.78, 5) is 0. The van der Waals surface area contributed by atoms with Gasteiger partial charge >= 0.3 is 0 Å². The lowest BCUT2D eigenvalue weighted by molar-refractivity contribution is 0.491. The zero-order chi connectivity index (χ0) is 9.80. The van der Waals surface area contributed by atoms with E-state index in [9.17, 15) is 0 Å². The first-order valence-corrected chi connectivity index (χ1v) is 5.71. The van der Waals surface area contributed by atoms with Gasteiger partial charge < -0.3 is 5.32 Å². The molecule has 0 bridgehead atoms. The highest BCUT2D eigenvalue weighted by Crippen LogP contribution is 2.26. The van der Waals surface area contributed by atoms with Crippen molar-refractivity contribution in [3.63, 3.8) is 0 Å². The summed E-state index contributed by atoms with van der Waals surface area (Å²) in [5.41, 5.74) is 1.45. The fourth-order valence-electron chi connectivity index (χ4n) is 1.85. The molecule has 0 radical (unpaired) electrons. The molecule has 0 aromatic heterocycles. The second kappa shape index (κ2) is 4.61. The summed E-state index contributed by atoms with van der Waals surface area (Å²) in [7, 11) is 0. The maximum absolute atomic E-state index is 3.71. The minimum Gasteiger partial charge on any atom is -0.307 e. The number of nitrogens with one attached hydrogen (secondary N) is 1. The van der Waals surface area contributed by atoms with Crippen LogP contribution >= 0.6 is 0 Å². The number of hydrogen-bond acceptors (Lipinski definition) is 1. The molecule has 1 aliphatic rings. The second-order valence-corrected chi connectivity index (χ2v) is 4.19. The molecule has 14 heavy (non-hydrogen) atoms. The lowest BCUT2D eigenvalue weighted by Gasteiger charge is -2.18. The zero-order valence-electron chi connectivity index (χ0n) is 8.87. The van der Waals surface area contributed by atoms with E-state index in [-0.39, 0.29) is 0 Å². The van der Waals surface area contributed by atoms with Crippen LogP contribution in [0.5, 0.6) is 0 Å². The molecule has 1 unspecified atom stereocenters. The SMILES string of the molecule is CCCC(NC1CC1)c1ccccc1. The van der Waals surface area contributed by atoms with E-state index in [1.54, 1.807) is 0 Å². The number of rotatable bonds is 5. The van der Waals surface area contributed by atoms with Crippen molar-refractivity contribution in [3.05, 3.63) is 35.9 Å². The standard InChI is InChI=1S/C13H19N/c1-2-6-13(14-12-9-10-12)11-7-4-3-5-8-11/h3-5,7-8,12-14H,2,6,9-10H2,1H3. The third kappa shape index (κ3) is 2.58. The van der Waals surface area contributed by atoms with Gasteiger partial charge in [-0.1, -0.05) is 43.7 Å². The van der Waals surface area contributed by atoms with Crippen molar-refractivity contribution in [2.45, 2.75) is 44.7 Å². The lowest BCUT2D eigenvalue weighted by atomic mass is 10.0. The number of benzene rings is 1.